The Bertz CT molecular complexity index is 623. The molecule has 0 saturated carbocycles. The zero-order valence-electron chi connectivity index (χ0n) is 12.8. The van der Waals surface area contributed by atoms with E-state index in [1.54, 1.807) is 37.3 Å². The molecule has 3 N–H and O–H groups in total. The van der Waals surface area contributed by atoms with Gasteiger partial charge in [-0.2, -0.15) is 0 Å². The van der Waals surface area contributed by atoms with Crippen molar-refractivity contribution in [2.45, 2.75) is 24.8 Å². The molecule has 0 radical (unpaired) electrons. The molecule has 0 heterocycles. The van der Waals surface area contributed by atoms with Gasteiger partial charge in [0.05, 0.1) is 5.92 Å². The van der Waals surface area contributed by atoms with Crippen molar-refractivity contribution in [1.29, 1.82) is 0 Å². The van der Waals surface area contributed by atoms with Crippen LogP contribution in [-0.2, 0) is 19.1 Å². The van der Waals surface area contributed by atoms with Crippen LogP contribution in [0.25, 0.3) is 0 Å². The molecule has 1 aromatic carbocycles. The van der Waals surface area contributed by atoms with E-state index in [0.717, 1.165) is 6.08 Å². The van der Waals surface area contributed by atoms with Gasteiger partial charge in [0, 0.05) is 6.08 Å². The fourth-order valence-corrected chi connectivity index (χ4v) is 2.10. The Labute approximate surface area is 134 Å². The molecule has 0 amide bonds. The molecule has 23 heavy (non-hydrogen) atoms. The van der Waals surface area contributed by atoms with E-state index in [1.807, 2.05) is 0 Å². The number of ether oxygens (including phenoxy) is 1. The Morgan fingerprint density at radius 3 is 2.43 bits per heavy atom. The first-order valence-corrected chi connectivity index (χ1v) is 6.93. The van der Waals surface area contributed by atoms with Crippen LogP contribution < -0.4 is 5.73 Å². The second kappa shape index (κ2) is 8.05. The van der Waals surface area contributed by atoms with Crippen molar-refractivity contribution in [2.24, 2.45) is 5.73 Å². The van der Waals surface area contributed by atoms with E-state index < -0.39 is 29.4 Å². The van der Waals surface area contributed by atoms with Gasteiger partial charge in [-0.3, -0.25) is 4.79 Å². The Balaban J connectivity index is 3.19. The number of carboxylic acid groups (broad SMARTS) is 1. The number of carboxylic acids is 1. The second-order valence-electron chi connectivity index (χ2n) is 4.96. The summed E-state index contributed by atoms with van der Waals surface area (Å²) in [5.74, 6) is -4.06. The first kappa shape index (κ1) is 18.3. The predicted molar refractivity (Wildman–Crippen MR) is 84.5 cm³/mol. The summed E-state index contributed by atoms with van der Waals surface area (Å²) in [6.07, 6.45) is 3.41. The zero-order chi connectivity index (χ0) is 17.5. The Hall–Kier alpha value is -2.73. The summed E-state index contributed by atoms with van der Waals surface area (Å²) < 4.78 is 4.65. The summed E-state index contributed by atoms with van der Waals surface area (Å²) in [5, 5.41) is 9.36. The van der Waals surface area contributed by atoms with Gasteiger partial charge in [0.1, 0.15) is 5.54 Å². The number of esters is 2. The zero-order valence-corrected chi connectivity index (χ0v) is 12.8. The SMILES string of the molecule is C=CC(=O)OC(=O)C(C[C@@](N)(C=CC)C(=O)O)c1ccccc1. The van der Waals surface area contributed by atoms with Crippen LogP contribution in [0.5, 0.6) is 0 Å². The van der Waals surface area contributed by atoms with Gasteiger partial charge in [0.2, 0.25) is 0 Å². The maximum Gasteiger partial charge on any atom is 0.337 e. The Morgan fingerprint density at radius 2 is 1.96 bits per heavy atom. The number of aliphatic carboxylic acids is 1. The number of allylic oxidation sites excluding steroid dienone is 1. The molecule has 6 nitrogen and oxygen atoms in total. The minimum absolute atomic E-state index is 0.250. The Morgan fingerprint density at radius 1 is 1.35 bits per heavy atom. The first-order valence-electron chi connectivity index (χ1n) is 6.93. The molecule has 0 aliphatic heterocycles. The third kappa shape index (κ3) is 4.89. The van der Waals surface area contributed by atoms with E-state index in [0.29, 0.717) is 5.56 Å². The lowest BCUT2D eigenvalue weighted by molar-refractivity contribution is -0.157. The van der Waals surface area contributed by atoms with E-state index in [1.165, 1.54) is 12.2 Å². The molecule has 0 aliphatic rings. The topological polar surface area (TPSA) is 107 Å². The van der Waals surface area contributed by atoms with Crippen molar-refractivity contribution in [3.8, 4) is 0 Å². The van der Waals surface area contributed by atoms with Crippen LogP contribution in [0.1, 0.15) is 24.8 Å². The number of carbonyl (C=O) groups excluding carboxylic acids is 2. The quantitative estimate of drug-likeness (QED) is 0.343. The van der Waals surface area contributed by atoms with E-state index in [-0.39, 0.29) is 6.42 Å². The van der Waals surface area contributed by atoms with E-state index >= 15 is 0 Å². The lowest BCUT2D eigenvalue weighted by Crippen LogP contribution is -2.48. The molecule has 0 aliphatic carbocycles. The van der Waals surface area contributed by atoms with Gasteiger partial charge in [-0.05, 0) is 18.9 Å². The molecule has 1 rings (SSSR count). The summed E-state index contributed by atoms with van der Waals surface area (Å²) in [6.45, 7) is 4.85. The monoisotopic (exact) mass is 317 g/mol. The number of benzene rings is 1. The van der Waals surface area contributed by atoms with Crippen LogP contribution in [-0.4, -0.2) is 28.6 Å². The van der Waals surface area contributed by atoms with Gasteiger partial charge in [-0.25, -0.2) is 9.59 Å². The molecule has 1 aromatic rings. The van der Waals surface area contributed by atoms with Gasteiger partial charge in [0.25, 0.3) is 0 Å². The second-order valence-corrected chi connectivity index (χ2v) is 4.96. The van der Waals surface area contributed by atoms with Gasteiger partial charge in [-0.1, -0.05) is 49.1 Å². The summed E-state index contributed by atoms with van der Waals surface area (Å²) in [6, 6.07) is 8.42. The third-order valence-electron chi connectivity index (χ3n) is 3.26. The molecule has 0 spiro atoms. The first-order chi connectivity index (χ1) is 10.8. The minimum atomic E-state index is -1.76. The molecule has 0 bridgehead atoms. The van der Waals surface area contributed by atoms with Crippen molar-refractivity contribution >= 4 is 17.9 Å². The van der Waals surface area contributed by atoms with Crippen LogP contribution >= 0.6 is 0 Å². The highest BCUT2D eigenvalue weighted by Crippen LogP contribution is 2.28. The Kier molecular flexibility index (Phi) is 6.41. The minimum Gasteiger partial charge on any atom is -0.480 e. The summed E-state index contributed by atoms with van der Waals surface area (Å²) in [4.78, 5) is 35.0. The number of nitrogens with two attached hydrogens (primary N) is 1. The van der Waals surface area contributed by atoms with Crippen molar-refractivity contribution in [3.63, 3.8) is 0 Å². The predicted octanol–water partition coefficient (Wildman–Crippen LogP) is 1.77. The number of hydrogen-bond donors (Lipinski definition) is 2. The van der Waals surface area contributed by atoms with Crippen molar-refractivity contribution < 1.29 is 24.2 Å². The highest BCUT2D eigenvalue weighted by Gasteiger charge is 2.38. The summed E-state index contributed by atoms with van der Waals surface area (Å²) in [5.41, 5.74) is 4.64. The number of hydrogen-bond acceptors (Lipinski definition) is 5. The molecule has 0 aromatic heterocycles. The fraction of sp³-hybridized carbons (Fsp3) is 0.235. The smallest absolute Gasteiger partial charge is 0.337 e. The largest absolute Gasteiger partial charge is 0.480 e. The average molecular weight is 317 g/mol. The van der Waals surface area contributed by atoms with Crippen molar-refractivity contribution in [2.75, 3.05) is 0 Å². The normalized spacial score (nSPS) is 14.7. The number of carbonyl (C=O) groups is 3. The van der Waals surface area contributed by atoms with E-state index in [2.05, 4.69) is 11.3 Å². The highest BCUT2D eigenvalue weighted by atomic mass is 16.6. The van der Waals surface area contributed by atoms with Crippen molar-refractivity contribution in [3.05, 3.63) is 60.7 Å². The van der Waals surface area contributed by atoms with Gasteiger partial charge in [-0.15, -0.1) is 0 Å². The lowest BCUT2D eigenvalue weighted by atomic mass is 9.84. The van der Waals surface area contributed by atoms with Crippen molar-refractivity contribution in [1.82, 2.24) is 0 Å². The van der Waals surface area contributed by atoms with Crippen LogP contribution in [0, 0.1) is 0 Å². The fourth-order valence-electron chi connectivity index (χ4n) is 2.10. The number of rotatable bonds is 7. The molecular weight excluding hydrogens is 298 g/mol. The molecule has 6 heteroatoms. The standard InChI is InChI=1S/C17H19NO5/c1-3-10-17(18,16(21)22)11-13(12-8-6-5-7-9-12)15(20)23-14(19)4-2/h3-10,13H,2,11,18H2,1H3,(H,21,22)/t13?,17-/m0/s1. The van der Waals surface area contributed by atoms with Crippen LogP contribution in [0.4, 0.5) is 0 Å². The average Bonchev–Trinajstić information content (AvgIpc) is 2.53. The van der Waals surface area contributed by atoms with Crippen LogP contribution in [0.15, 0.2) is 55.1 Å². The summed E-state index contributed by atoms with van der Waals surface area (Å²) in [7, 11) is 0. The lowest BCUT2D eigenvalue weighted by Gasteiger charge is -2.25. The summed E-state index contributed by atoms with van der Waals surface area (Å²) >= 11 is 0. The molecule has 122 valence electrons. The van der Waals surface area contributed by atoms with Gasteiger partial charge in [0.15, 0.2) is 0 Å². The maximum atomic E-state index is 12.3. The van der Waals surface area contributed by atoms with Crippen LogP contribution in [0.2, 0.25) is 0 Å². The molecule has 1 unspecified atom stereocenters. The molecular formula is C17H19NO5. The maximum absolute atomic E-state index is 12.3. The van der Waals surface area contributed by atoms with Gasteiger partial charge < -0.3 is 15.6 Å². The highest BCUT2D eigenvalue weighted by molar-refractivity contribution is 5.94. The molecule has 2 atom stereocenters. The molecule has 0 saturated heterocycles. The van der Waals surface area contributed by atoms with E-state index in [9.17, 15) is 19.5 Å². The third-order valence-corrected chi connectivity index (χ3v) is 3.26. The van der Waals surface area contributed by atoms with E-state index in [4.69, 9.17) is 5.73 Å². The van der Waals surface area contributed by atoms with Gasteiger partial charge >= 0.3 is 17.9 Å². The molecule has 0 fully saturated rings. The van der Waals surface area contributed by atoms with Crippen LogP contribution in [0.3, 0.4) is 0 Å².